The van der Waals surface area contributed by atoms with Gasteiger partial charge in [-0.1, -0.05) is 18.2 Å². The standard InChI is InChI=1S/C15H19N3/c1-11-12(2)18(10-17-11)15-6-4-3-5-13(15)9-16-14-7-8-14/h3-6,10,14,16H,7-9H2,1-2H3. The van der Waals surface area contributed by atoms with Crippen LogP contribution in [0.2, 0.25) is 0 Å². The van der Waals surface area contributed by atoms with E-state index in [0.717, 1.165) is 18.3 Å². The molecule has 3 rings (SSSR count). The molecule has 0 radical (unpaired) electrons. The molecule has 1 aromatic carbocycles. The summed E-state index contributed by atoms with van der Waals surface area (Å²) in [7, 11) is 0. The van der Waals surface area contributed by atoms with E-state index in [1.165, 1.54) is 29.8 Å². The molecule has 3 nitrogen and oxygen atoms in total. The molecule has 1 N–H and O–H groups in total. The second-order valence-corrected chi connectivity index (χ2v) is 5.07. The predicted molar refractivity (Wildman–Crippen MR) is 72.9 cm³/mol. The van der Waals surface area contributed by atoms with Crippen molar-refractivity contribution in [2.75, 3.05) is 0 Å². The highest BCUT2D eigenvalue weighted by Crippen LogP contribution is 2.22. The SMILES string of the molecule is Cc1ncn(-c2ccccc2CNC2CC2)c1C. The third-order valence-corrected chi connectivity index (χ3v) is 3.66. The summed E-state index contributed by atoms with van der Waals surface area (Å²) in [6.45, 7) is 5.11. The maximum atomic E-state index is 4.38. The van der Waals surface area contributed by atoms with E-state index in [0.29, 0.717) is 0 Å². The van der Waals surface area contributed by atoms with Crippen LogP contribution in [0.3, 0.4) is 0 Å². The van der Waals surface area contributed by atoms with E-state index in [1.807, 2.05) is 6.33 Å². The zero-order valence-corrected chi connectivity index (χ0v) is 11.0. The minimum absolute atomic E-state index is 0.740. The summed E-state index contributed by atoms with van der Waals surface area (Å²) in [6.07, 6.45) is 4.57. The van der Waals surface area contributed by atoms with Crippen molar-refractivity contribution in [2.24, 2.45) is 0 Å². The molecule has 3 heteroatoms. The number of aromatic nitrogens is 2. The van der Waals surface area contributed by atoms with E-state index in [4.69, 9.17) is 0 Å². The Balaban J connectivity index is 1.92. The fourth-order valence-corrected chi connectivity index (χ4v) is 2.18. The molecule has 0 atom stereocenters. The van der Waals surface area contributed by atoms with Crippen molar-refractivity contribution in [3.63, 3.8) is 0 Å². The Labute approximate surface area is 108 Å². The number of nitrogens with one attached hydrogen (secondary N) is 1. The Morgan fingerprint density at radius 2 is 2.06 bits per heavy atom. The molecule has 1 heterocycles. The second kappa shape index (κ2) is 4.58. The van der Waals surface area contributed by atoms with E-state index < -0.39 is 0 Å². The lowest BCUT2D eigenvalue weighted by Crippen LogP contribution is -2.16. The van der Waals surface area contributed by atoms with Gasteiger partial charge < -0.3 is 9.88 Å². The zero-order chi connectivity index (χ0) is 12.5. The first-order valence-electron chi connectivity index (χ1n) is 6.58. The molecule has 0 spiro atoms. The Morgan fingerprint density at radius 1 is 1.28 bits per heavy atom. The maximum absolute atomic E-state index is 4.38. The molecule has 94 valence electrons. The lowest BCUT2D eigenvalue weighted by Gasteiger charge is -2.12. The van der Waals surface area contributed by atoms with Crippen molar-refractivity contribution in [3.05, 3.63) is 47.5 Å². The van der Waals surface area contributed by atoms with Gasteiger partial charge in [0.05, 0.1) is 17.7 Å². The van der Waals surface area contributed by atoms with Gasteiger partial charge in [-0.3, -0.25) is 0 Å². The molecule has 1 aliphatic carbocycles. The largest absolute Gasteiger partial charge is 0.310 e. The smallest absolute Gasteiger partial charge is 0.0997 e. The van der Waals surface area contributed by atoms with Gasteiger partial charge in [-0.2, -0.15) is 0 Å². The van der Waals surface area contributed by atoms with Crippen molar-refractivity contribution in [2.45, 2.75) is 39.3 Å². The van der Waals surface area contributed by atoms with Crippen molar-refractivity contribution >= 4 is 0 Å². The predicted octanol–water partition coefficient (Wildman–Crippen LogP) is 2.74. The lowest BCUT2D eigenvalue weighted by molar-refractivity contribution is 0.684. The number of rotatable bonds is 4. The minimum Gasteiger partial charge on any atom is -0.310 e. The first-order chi connectivity index (χ1) is 8.75. The summed E-state index contributed by atoms with van der Waals surface area (Å²) in [4.78, 5) is 4.38. The van der Waals surface area contributed by atoms with Crippen LogP contribution < -0.4 is 5.32 Å². The molecular weight excluding hydrogens is 222 g/mol. The summed E-state index contributed by atoms with van der Waals surface area (Å²) >= 11 is 0. The van der Waals surface area contributed by atoms with Crippen LogP contribution >= 0.6 is 0 Å². The van der Waals surface area contributed by atoms with Gasteiger partial charge in [0, 0.05) is 18.3 Å². The molecule has 0 aliphatic heterocycles. The molecule has 0 unspecified atom stereocenters. The van der Waals surface area contributed by atoms with Crippen LogP contribution in [0.25, 0.3) is 5.69 Å². The van der Waals surface area contributed by atoms with Crippen molar-refractivity contribution < 1.29 is 0 Å². The molecule has 0 bridgehead atoms. The van der Waals surface area contributed by atoms with E-state index in [2.05, 4.69) is 53.0 Å². The van der Waals surface area contributed by atoms with E-state index in [-0.39, 0.29) is 0 Å². The van der Waals surface area contributed by atoms with Crippen LogP contribution in [-0.2, 0) is 6.54 Å². The molecular formula is C15H19N3. The summed E-state index contributed by atoms with van der Waals surface area (Å²) in [5, 5.41) is 3.58. The summed E-state index contributed by atoms with van der Waals surface area (Å²) in [5.74, 6) is 0. The fourth-order valence-electron chi connectivity index (χ4n) is 2.18. The van der Waals surface area contributed by atoms with Crippen molar-refractivity contribution in [3.8, 4) is 5.69 Å². The van der Waals surface area contributed by atoms with E-state index in [9.17, 15) is 0 Å². The number of nitrogens with zero attached hydrogens (tertiary/aromatic N) is 2. The van der Waals surface area contributed by atoms with Crippen LogP contribution in [0, 0.1) is 13.8 Å². The first-order valence-corrected chi connectivity index (χ1v) is 6.58. The zero-order valence-electron chi connectivity index (χ0n) is 11.0. The Morgan fingerprint density at radius 3 is 2.72 bits per heavy atom. The minimum atomic E-state index is 0.740. The summed E-state index contributed by atoms with van der Waals surface area (Å²) < 4.78 is 2.18. The number of hydrogen-bond donors (Lipinski definition) is 1. The van der Waals surface area contributed by atoms with Gasteiger partial charge in [0.1, 0.15) is 0 Å². The van der Waals surface area contributed by atoms with Gasteiger partial charge in [0.15, 0.2) is 0 Å². The number of para-hydroxylation sites is 1. The average molecular weight is 241 g/mol. The second-order valence-electron chi connectivity index (χ2n) is 5.07. The molecule has 1 fully saturated rings. The van der Waals surface area contributed by atoms with Crippen molar-refractivity contribution in [1.82, 2.24) is 14.9 Å². The highest BCUT2D eigenvalue weighted by molar-refractivity contribution is 5.43. The van der Waals surface area contributed by atoms with Crippen LogP contribution in [0.15, 0.2) is 30.6 Å². The number of imidazole rings is 1. The van der Waals surface area contributed by atoms with Gasteiger partial charge in [-0.15, -0.1) is 0 Å². The Hall–Kier alpha value is -1.61. The average Bonchev–Trinajstić information content (AvgIpc) is 3.16. The Bertz CT molecular complexity index is 553. The molecule has 1 saturated carbocycles. The summed E-state index contributed by atoms with van der Waals surface area (Å²) in [6, 6.07) is 9.29. The van der Waals surface area contributed by atoms with Crippen LogP contribution in [0.4, 0.5) is 0 Å². The first kappa shape index (κ1) is 11.5. The number of aryl methyl sites for hydroxylation is 1. The quantitative estimate of drug-likeness (QED) is 0.892. The third-order valence-electron chi connectivity index (χ3n) is 3.66. The molecule has 1 aromatic heterocycles. The van der Waals surface area contributed by atoms with Crippen LogP contribution in [0.1, 0.15) is 29.8 Å². The van der Waals surface area contributed by atoms with Crippen LogP contribution in [0.5, 0.6) is 0 Å². The molecule has 1 aliphatic rings. The monoisotopic (exact) mass is 241 g/mol. The molecule has 18 heavy (non-hydrogen) atoms. The topological polar surface area (TPSA) is 29.9 Å². The number of benzene rings is 1. The Kier molecular flexibility index (Phi) is 2.92. The summed E-state index contributed by atoms with van der Waals surface area (Å²) in [5.41, 5.74) is 4.89. The van der Waals surface area contributed by atoms with Gasteiger partial charge in [0.2, 0.25) is 0 Å². The fraction of sp³-hybridized carbons (Fsp3) is 0.400. The normalized spacial score (nSPS) is 15.0. The van der Waals surface area contributed by atoms with E-state index in [1.54, 1.807) is 0 Å². The van der Waals surface area contributed by atoms with Crippen molar-refractivity contribution in [1.29, 1.82) is 0 Å². The van der Waals surface area contributed by atoms with Gasteiger partial charge >= 0.3 is 0 Å². The van der Waals surface area contributed by atoms with Gasteiger partial charge in [0.25, 0.3) is 0 Å². The van der Waals surface area contributed by atoms with Gasteiger partial charge in [-0.25, -0.2) is 4.98 Å². The maximum Gasteiger partial charge on any atom is 0.0997 e. The van der Waals surface area contributed by atoms with Crippen LogP contribution in [-0.4, -0.2) is 15.6 Å². The van der Waals surface area contributed by atoms with E-state index >= 15 is 0 Å². The van der Waals surface area contributed by atoms with Gasteiger partial charge in [-0.05, 0) is 38.3 Å². The lowest BCUT2D eigenvalue weighted by atomic mass is 10.1. The number of hydrogen-bond acceptors (Lipinski definition) is 2. The highest BCUT2D eigenvalue weighted by Gasteiger charge is 2.20. The molecule has 0 amide bonds. The molecule has 0 saturated heterocycles. The third kappa shape index (κ3) is 2.18. The highest BCUT2D eigenvalue weighted by atomic mass is 15.1. The molecule has 2 aromatic rings.